The highest BCUT2D eigenvalue weighted by atomic mass is 32.1. The molecule has 1 atom stereocenters. The lowest BCUT2D eigenvalue weighted by Gasteiger charge is -2.32. The van der Waals surface area contributed by atoms with E-state index in [0.717, 1.165) is 30.1 Å². The maximum atomic E-state index is 12.6. The number of carbonyl (C=O) groups excluding carboxylic acids is 1. The van der Waals surface area contributed by atoms with Crippen LogP contribution in [0.4, 0.5) is 0 Å². The quantitative estimate of drug-likeness (QED) is 0.925. The largest absolute Gasteiger partial charge is 0.478 e. The summed E-state index contributed by atoms with van der Waals surface area (Å²) < 4.78 is 0. The number of nitrogens with zero attached hydrogens (tertiary/aromatic N) is 2. The Kier molecular flexibility index (Phi) is 4.94. The number of likely N-dealkylation sites (tertiary alicyclic amines) is 1. The van der Waals surface area contributed by atoms with Gasteiger partial charge in [-0.2, -0.15) is 0 Å². The molecule has 126 valence electrons. The van der Waals surface area contributed by atoms with E-state index < -0.39 is 5.97 Å². The van der Waals surface area contributed by atoms with Gasteiger partial charge in [0, 0.05) is 30.1 Å². The Bertz CT molecular complexity index is 756. The number of aromatic carboxylic acids is 1. The molecule has 3 rings (SSSR count). The Morgan fingerprint density at radius 3 is 2.88 bits per heavy atom. The zero-order valence-corrected chi connectivity index (χ0v) is 14.4. The summed E-state index contributed by atoms with van der Waals surface area (Å²) in [5.41, 5.74) is 1.80. The fraction of sp³-hybridized carbons (Fsp3) is 0.389. The van der Waals surface area contributed by atoms with Crippen molar-refractivity contribution in [3.8, 4) is 0 Å². The summed E-state index contributed by atoms with van der Waals surface area (Å²) in [5.74, 6) is -0.717. The van der Waals surface area contributed by atoms with Crippen molar-refractivity contribution in [2.24, 2.45) is 0 Å². The van der Waals surface area contributed by atoms with Crippen LogP contribution in [0.3, 0.4) is 0 Å². The molecule has 0 bridgehead atoms. The van der Waals surface area contributed by atoms with Gasteiger partial charge in [-0.15, -0.1) is 11.3 Å². The fourth-order valence-corrected chi connectivity index (χ4v) is 4.05. The molecule has 2 heterocycles. The van der Waals surface area contributed by atoms with E-state index in [-0.39, 0.29) is 23.8 Å². The predicted octanol–water partition coefficient (Wildman–Crippen LogP) is 3.10. The molecule has 6 heteroatoms. The topological polar surface area (TPSA) is 70.5 Å². The number of benzene rings is 1. The van der Waals surface area contributed by atoms with Crippen LogP contribution in [0.25, 0.3) is 0 Å². The van der Waals surface area contributed by atoms with E-state index in [1.165, 1.54) is 0 Å². The van der Waals surface area contributed by atoms with Gasteiger partial charge in [0.1, 0.15) is 0 Å². The minimum atomic E-state index is -0.992. The average molecular weight is 344 g/mol. The lowest BCUT2D eigenvalue weighted by molar-refractivity contribution is -0.131. The summed E-state index contributed by atoms with van der Waals surface area (Å²) >= 11 is 1.65. The number of carbonyl (C=O) groups is 2. The first kappa shape index (κ1) is 16.6. The summed E-state index contributed by atoms with van der Waals surface area (Å²) in [7, 11) is 0. The van der Waals surface area contributed by atoms with Gasteiger partial charge in [0.25, 0.3) is 0 Å². The van der Waals surface area contributed by atoms with Gasteiger partial charge >= 0.3 is 5.97 Å². The number of aromatic nitrogens is 1. The third kappa shape index (κ3) is 3.64. The molecular weight excluding hydrogens is 324 g/mol. The van der Waals surface area contributed by atoms with Crippen LogP contribution in [0, 0.1) is 6.92 Å². The Hall–Kier alpha value is -2.21. The smallest absolute Gasteiger partial charge is 0.335 e. The molecule has 1 unspecified atom stereocenters. The first-order valence-electron chi connectivity index (χ1n) is 8.05. The SMILES string of the molecule is Cc1csc(C2CCCN(C(=O)Cc3ccccc3C(=O)O)C2)n1. The van der Waals surface area contributed by atoms with E-state index in [1.54, 1.807) is 35.6 Å². The summed E-state index contributed by atoms with van der Waals surface area (Å²) in [6.07, 6.45) is 2.13. The number of aryl methyl sites for hydroxylation is 1. The molecule has 1 saturated heterocycles. The van der Waals surface area contributed by atoms with E-state index in [1.807, 2.05) is 17.2 Å². The molecule has 1 N–H and O–H groups in total. The number of piperidine rings is 1. The second kappa shape index (κ2) is 7.13. The molecule has 2 aromatic rings. The number of hydrogen-bond donors (Lipinski definition) is 1. The molecule has 0 radical (unpaired) electrons. The molecule has 1 aliphatic rings. The second-order valence-corrected chi connectivity index (χ2v) is 7.03. The third-order valence-electron chi connectivity index (χ3n) is 4.35. The van der Waals surface area contributed by atoms with Crippen LogP contribution in [-0.2, 0) is 11.2 Å². The van der Waals surface area contributed by atoms with E-state index in [2.05, 4.69) is 4.98 Å². The maximum Gasteiger partial charge on any atom is 0.335 e. The molecule has 1 fully saturated rings. The lowest BCUT2D eigenvalue weighted by atomic mass is 9.97. The molecule has 0 spiro atoms. The average Bonchev–Trinajstić information content (AvgIpc) is 3.02. The third-order valence-corrected chi connectivity index (χ3v) is 5.47. The van der Waals surface area contributed by atoms with Gasteiger partial charge in [-0.05, 0) is 31.4 Å². The standard InChI is InChI=1S/C18H20N2O3S/c1-12-11-24-17(19-12)14-6-4-8-20(10-14)16(21)9-13-5-2-3-7-15(13)18(22)23/h2-3,5,7,11,14H,4,6,8-10H2,1H3,(H,22,23). The van der Waals surface area contributed by atoms with Crippen LogP contribution in [0.1, 0.15) is 45.4 Å². The van der Waals surface area contributed by atoms with Gasteiger partial charge in [0.2, 0.25) is 5.91 Å². The van der Waals surface area contributed by atoms with Crippen molar-refractivity contribution in [2.45, 2.75) is 32.1 Å². The van der Waals surface area contributed by atoms with Crippen LogP contribution in [-0.4, -0.2) is 40.0 Å². The molecular formula is C18H20N2O3S. The maximum absolute atomic E-state index is 12.6. The number of hydrogen-bond acceptors (Lipinski definition) is 4. The van der Waals surface area contributed by atoms with Crippen molar-refractivity contribution >= 4 is 23.2 Å². The minimum absolute atomic E-state index is 0.0123. The zero-order chi connectivity index (χ0) is 17.1. The van der Waals surface area contributed by atoms with Crippen molar-refractivity contribution in [3.63, 3.8) is 0 Å². The van der Waals surface area contributed by atoms with Crippen LogP contribution >= 0.6 is 11.3 Å². The van der Waals surface area contributed by atoms with Gasteiger partial charge in [-0.3, -0.25) is 4.79 Å². The Morgan fingerprint density at radius 2 is 2.17 bits per heavy atom. The molecule has 1 aliphatic heterocycles. The molecule has 0 aliphatic carbocycles. The Morgan fingerprint density at radius 1 is 1.38 bits per heavy atom. The summed E-state index contributed by atoms with van der Waals surface area (Å²) in [6, 6.07) is 6.71. The van der Waals surface area contributed by atoms with Crippen molar-refractivity contribution in [2.75, 3.05) is 13.1 Å². The van der Waals surface area contributed by atoms with E-state index in [4.69, 9.17) is 0 Å². The number of carboxylic acids is 1. The number of carboxylic acid groups (broad SMARTS) is 1. The number of thiazole rings is 1. The predicted molar refractivity (Wildman–Crippen MR) is 92.5 cm³/mol. The van der Waals surface area contributed by atoms with Crippen molar-refractivity contribution in [1.29, 1.82) is 0 Å². The molecule has 24 heavy (non-hydrogen) atoms. The molecule has 0 saturated carbocycles. The first-order chi connectivity index (χ1) is 11.5. The number of rotatable bonds is 4. The highest BCUT2D eigenvalue weighted by Gasteiger charge is 2.27. The summed E-state index contributed by atoms with van der Waals surface area (Å²) in [4.78, 5) is 30.3. The first-order valence-corrected chi connectivity index (χ1v) is 8.93. The minimum Gasteiger partial charge on any atom is -0.478 e. The van der Waals surface area contributed by atoms with Crippen molar-refractivity contribution < 1.29 is 14.7 Å². The van der Waals surface area contributed by atoms with Gasteiger partial charge in [-0.25, -0.2) is 9.78 Å². The Balaban J connectivity index is 1.70. The van der Waals surface area contributed by atoms with E-state index >= 15 is 0 Å². The van der Waals surface area contributed by atoms with Crippen LogP contribution in [0.15, 0.2) is 29.6 Å². The van der Waals surface area contributed by atoms with Crippen molar-refractivity contribution in [1.82, 2.24) is 9.88 Å². The van der Waals surface area contributed by atoms with E-state index in [9.17, 15) is 14.7 Å². The molecule has 1 aromatic heterocycles. The van der Waals surface area contributed by atoms with Gasteiger partial charge in [0.15, 0.2) is 0 Å². The normalized spacial score (nSPS) is 17.7. The molecule has 5 nitrogen and oxygen atoms in total. The van der Waals surface area contributed by atoms with Crippen LogP contribution < -0.4 is 0 Å². The van der Waals surface area contributed by atoms with Gasteiger partial charge in [0.05, 0.1) is 17.0 Å². The fourth-order valence-electron chi connectivity index (χ4n) is 3.12. The van der Waals surface area contributed by atoms with Crippen LogP contribution in [0.2, 0.25) is 0 Å². The van der Waals surface area contributed by atoms with Crippen LogP contribution in [0.5, 0.6) is 0 Å². The lowest BCUT2D eigenvalue weighted by Crippen LogP contribution is -2.40. The summed E-state index contributed by atoms with van der Waals surface area (Å²) in [5, 5.41) is 12.4. The highest BCUT2D eigenvalue weighted by molar-refractivity contribution is 7.09. The Labute approximate surface area is 145 Å². The van der Waals surface area contributed by atoms with E-state index in [0.29, 0.717) is 12.1 Å². The second-order valence-electron chi connectivity index (χ2n) is 6.15. The molecule has 1 aromatic carbocycles. The highest BCUT2D eigenvalue weighted by Crippen LogP contribution is 2.29. The zero-order valence-electron chi connectivity index (χ0n) is 13.6. The van der Waals surface area contributed by atoms with Gasteiger partial charge < -0.3 is 10.0 Å². The molecule has 1 amide bonds. The monoisotopic (exact) mass is 344 g/mol. The summed E-state index contributed by atoms with van der Waals surface area (Å²) in [6.45, 7) is 3.38. The van der Waals surface area contributed by atoms with Crippen molar-refractivity contribution in [3.05, 3.63) is 51.5 Å². The van der Waals surface area contributed by atoms with Gasteiger partial charge in [-0.1, -0.05) is 18.2 Å². The number of amides is 1.